The Hall–Kier alpha value is -1.68. The maximum Gasteiger partial charge on any atom is 0.243 e. The van der Waals surface area contributed by atoms with Crippen LogP contribution in [0.15, 0.2) is 34.9 Å². The van der Waals surface area contributed by atoms with Crippen LogP contribution in [0.3, 0.4) is 0 Å². The molecule has 1 N–H and O–H groups in total. The van der Waals surface area contributed by atoms with Gasteiger partial charge in [-0.1, -0.05) is 49.3 Å². The second-order valence-corrected chi connectivity index (χ2v) is 5.76. The van der Waals surface area contributed by atoms with Gasteiger partial charge in [0.15, 0.2) is 5.82 Å². The van der Waals surface area contributed by atoms with E-state index in [9.17, 15) is 0 Å². The maximum absolute atomic E-state index is 5.56. The monoisotopic (exact) mass is 285 g/mol. The van der Waals surface area contributed by atoms with Crippen molar-refractivity contribution in [2.45, 2.75) is 51.0 Å². The zero-order valence-corrected chi connectivity index (χ0v) is 12.8. The van der Waals surface area contributed by atoms with Gasteiger partial charge in [0.1, 0.15) is 0 Å². The Morgan fingerprint density at radius 1 is 1.24 bits per heavy atom. The van der Waals surface area contributed by atoms with Crippen molar-refractivity contribution in [3.63, 3.8) is 0 Å². The van der Waals surface area contributed by atoms with E-state index in [0.29, 0.717) is 0 Å². The van der Waals surface area contributed by atoms with Crippen molar-refractivity contribution in [3.05, 3.63) is 47.6 Å². The second-order valence-electron chi connectivity index (χ2n) is 5.76. The lowest BCUT2D eigenvalue weighted by atomic mass is 9.75. The summed E-state index contributed by atoms with van der Waals surface area (Å²) in [5, 5.41) is 7.74. The van der Waals surface area contributed by atoms with E-state index in [1.807, 2.05) is 6.07 Å². The Balaban J connectivity index is 1.98. The van der Waals surface area contributed by atoms with E-state index < -0.39 is 0 Å². The Bertz CT molecular complexity index is 569. The van der Waals surface area contributed by atoms with E-state index in [0.717, 1.165) is 37.5 Å². The van der Waals surface area contributed by atoms with E-state index >= 15 is 0 Å². The van der Waals surface area contributed by atoms with E-state index in [1.54, 1.807) is 0 Å². The van der Waals surface area contributed by atoms with Crippen LogP contribution in [0, 0.1) is 0 Å². The summed E-state index contributed by atoms with van der Waals surface area (Å²) >= 11 is 0. The van der Waals surface area contributed by atoms with Gasteiger partial charge in [-0.05, 0) is 37.8 Å². The molecule has 4 heteroatoms. The minimum absolute atomic E-state index is 0.151. The predicted molar refractivity (Wildman–Crippen MR) is 82.1 cm³/mol. The van der Waals surface area contributed by atoms with Crippen molar-refractivity contribution in [3.8, 4) is 0 Å². The van der Waals surface area contributed by atoms with Crippen LogP contribution in [-0.4, -0.2) is 16.7 Å². The lowest BCUT2D eigenvalue weighted by Crippen LogP contribution is -2.27. The van der Waals surface area contributed by atoms with Gasteiger partial charge in [0, 0.05) is 0 Å². The largest absolute Gasteiger partial charge is 0.338 e. The van der Waals surface area contributed by atoms with E-state index in [-0.39, 0.29) is 11.5 Å². The highest BCUT2D eigenvalue weighted by atomic mass is 16.5. The maximum atomic E-state index is 5.56. The van der Waals surface area contributed by atoms with Gasteiger partial charge in [-0.15, -0.1) is 0 Å². The molecule has 1 aliphatic rings. The number of aromatic nitrogens is 2. The van der Waals surface area contributed by atoms with Gasteiger partial charge in [-0.2, -0.15) is 4.98 Å². The van der Waals surface area contributed by atoms with E-state index in [4.69, 9.17) is 9.51 Å². The fraction of sp³-hybridized carbons (Fsp3) is 0.529. The van der Waals surface area contributed by atoms with Gasteiger partial charge < -0.3 is 9.84 Å². The zero-order chi connectivity index (χ0) is 14.7. The molecule has 1 unspecified atom stereocenters. The van der Waals surface area contributed by atoms with Crippen LogP contribution in [0.4, 0.5) is 0 Å². The molecule has 0 aliphatic carbocycles. The Kier molecular flexibility index (Phi) is 4.06. The topological polar surface area (TPSA) is 51.0 Å². The molecule has 1 aromatic heterocycles. The molecular weight excluding hydrogens is 262 g/mol. The van der Waals surface area contributed by atoms with Gasteiger partial charge in [0.25, 0.3) is 0 Å². The van der Waals surface area contributed by atoms with Gasteiger partial charge >= 0.3 is 0 Å². The SMILES string of the molecule is CCC(CC)(c1ccccc1)c1noc(C2CCCN2)n1. The van der Waals surface area contributed by atoms with Crippen LogP contribution < -0.4 is 5.32 Å². The first kappa shape index (κ1) is 14.3. The third-order valence-corrected chi connectivity index (χ3v) is 4.76. The minimum atomic E-state index is -0.151. The van der Waals surface area contributed by atoms with Gasteiger partial charge in [0.05, 0.1) is 11.5 Å². The summed E-state index contributed by atoms with van der Waals surface area (Å²) in [7, 11) is 0. The molecule has 3 rings (SSSR count). The van der Waals surface area contributed by atoms with Crippen molar-refractivity contribution in [2.24, 2.45) is 0 Å². The van der Waals surface area contributed by atoms with Crippen LogP contribution in [0.5, 0.6) is 0 Å². The molecule has 1 atom stereocenters. The summed E-state index contributed by atoms with van der Waals surface area (Å²) in [6, 6.07) is 10.8. The van der Waals surface area contributed by atoms with Crippen LogP contribution >= 0.6 is 0 Å². The molecule has 2 heterocycles. The molecule has 0 radical (unpaired) electrons. The molecule has 1 aromatic carbocycles. The highest BCUT2D eigenvalue weighted by molar-refractivity contribution is 5.32. The van der Waals surface area contributed by atoms with Gasteiger partial charge in [-0.3, -0.25) is 0 Å². The number of nitrogens with one attached hydrogen (secondary N) is 1. The predicted octanol–water partition coefficient (Wildman–Crippen LogP) is 3.60. The first-order chi connectivity index (χ1) is 10.3. The summed E-state index contributed by atoms with van der Waals surface area (Å²) in [6.07, 6.45) is 4.18. The molecule has 0 amide bonds. The number of nitrogens with zero attached hydrogens (tertiary/aromatic N) is 2. The molecule has 1 fully saturated rings. The Morgan fingerprint density at radius 3 is 2.62 bits per heavy atom. The molecule has 1 saturated heterocycles. The van der Waals surface area contributed by atoms with Crippen molar-refractivity contribution in [1.29, 1.82) is 0 Å². The molecule has 0 bridgehead atoms. The van der Waals surface area contributed by atoms with Crippen LogP contribution in [-0.2, 0) is 5.41 Å². The van der Waals surface area contributed by atoms with Crippen molar-refractivity contribution >= 4 is 0 Å². The van der Waals surface area contributed by atoms with Crippen molar-refractivity contribution < 1.29 is 4.52 Å². The second kappa shape index (κ2) is 5.98. The quantitative estimate of drug-likeness (QED) is 0.912. The average molecular weight is 285 g/mol. The number of hydrogen-bond acceptors (Lipinski definition) is 4. The lowest BCUT2D eigenvalue weighted by molar-refractivity contribution is 0.330. The summed E-state index contributed by atoms with van der Waals surface area (Å²) in [4.78, 5) is 4.74. The highest BCUT2D eigenvalue weighted by Gasteiger charge is 2.36. The number of benzene rings is 1. The summed E-state index contributed by atoms with van der Waals surface area (Å²) < 4.78 is 5.56. The zero-order valence-electron chi connectivity index (χ0n) is 12.8. The van der Waals surface area contributed by atoms with Crippen molar-refractivity contribution in [1.82, 2.24) is 15.5 Å². The fourth-order valence-corrected chi connectivity index (χ4v) is 3.33. The van der Waals surface area contributed by atoms with Crippen molar-refractivity contribution in [2.75, 3.05) is 6.54 Å². The normalized spacial score (nSPS) is 19.0. The highest BCUT2D eigenvalue weighted by Crippen LogP contribution is 2.37. The number of hydrogen-bond donors (Lipinski definition) is 1. The third kappa shape index (κ3) is 2.48. The Labute approximate surface area is 126 Å². The molecule has 1 aliphatic heterocycles. The molecule has 2 aromatic rings. The smallest absolute Gasteiger partial charge is 0.243 e. The van der Waals surface area contributed by atoms with E-state index in [1.165, 1.54) is 12.0 Å². The third-order valence-electron chi connectivity index (χ3n) is 4.76. The first-order valence-electron chi connectivity index (χ1n) is 7.93. The van der Waals surface area contributed by atoms with Gasteiger partial charge in [-0.25, -0.2) is 0 Å². The van der Waals surface area contributed by atoms with Crippen LogP contribution in [0.1, 0.15) is 62.9 Å². The lowest BCUT2D eigenvalue weighted by Gasteiger charge is -2.28. The first-order valence-corrected chi connectivity index (χ1v) is 7.93. The average Bonchev–Trinajstić information content (AvgIpc) is 3.22. The summed E-state index contributed by atoms with van der Waals surface area (Å²) in [6.45, 7) is 5.43. The Morgan fingerprint density at radius 2 is 2.00 bits per heavy atom. The standard InChI is InChI=1S/C17H23N3O/c1-3-17(4-2,13-9-6-5-7-10-13)16-19-15(21-20-16)14-11-8-12-18-14/h5-7,9-10,14,18H,3-4,8,11-12H2,1-2H3. The molecule has 112 valence electrons. The summed E-state index contributed by atoms with van der Waals surface area (Å²) in [5.74, 6) is 1.56. The molecule has 0 spiro atoms. The van der Waals surface area contributed by atoms with Gasteiger partial charge in [0.2, 0.25) is 5.89 Å². The molecule has 4 nitrogen and oxygen atoms in total. The number of rotatable bonds is 5. The van der Waals surface area contributed by atoms with Crippen LogP contribution in [0.2, 0.25) is 0 Å². The molecule has 21 heavy (non-hydrogen) atoms. The molecular formula is C17H23N3O. The fourth-order valence-electron chi connectivity index (χ4n) is 3.33. The minimum Gasteiger partial charge on any atom is -0.338 e. The van der Waals surface area contributed by atoms with Crippen LogP contribution in [0.25, 0.3) is 0 Å². The van der Waals surface area contributed by atoms with E-state index in [2.05, 4.69) is 48.6 Å². The molecule has 0 saturated carbocycles. The summed E-state index contributed by atoms with van der Waals surface area (Å²) in [5.41, 5.74) is 1.11.